The van der Waals surface area contributed by atoms with Gasteiger partial charge in [0.15, 0.2) is 11.3 Å². The van der Waals surface area contributed by atoms with Crippen LogP contribution < -0.4 is 0 Å². The maximum Gasteiger partial charge on any atom is 0.263 e. The summed E-state index contributed by atoms with van der Waals surface area (Å²) >= 11 is 0. The van der Waals surface area contributed by atoms with Crippen molar-refractivity contribution in [1.29, 1.82) is 0 Å². The van der Waals surface area contributed by atoms with Gasteiger partial charge in [0.2, 0.25) is 0 Å². The zero-order valence-electron chi connectivity index (χ0n) is 8.83. The lowest BCUT2D eigenvalue weighted by atomic mass is 10.3. The van der Waals surface area contributed by atoms with E-state index in [0.717, 1.165) is 0 Å². The average Bonchev–Trinajstić information content (AvgIpc) is 2.95. The fraction of sp³-hybridized carbons (Fsp3) is 0. The van der Waals surface area contributed by atoms with E-state index < -0.39 is 9.05 Å². The van der Waals surface area contributed by atoms with Crippen LogP contribution in [0.15, 0.2) is 50.3 Å². The van der Waals surface area contributed by atoms with Crippen molar-refractivity contribution in [2.45, 2.75) is 4.90 Å². The van der Waals surface area contributed by atoms with E-state index in [1.54, 1.807) is 12.1 Å². The van der Waals surface area contributed by atoms with Gasteiger partial charge in [0.25, 0.3) is 14.9 Å². The molecule has 92 valence electrons. The van der Waals surface area contributed by atoms with Gasteiger partial charge in [-0.2, -0.15) is 0 Å². The molecule has 0 unspecified atom stereocenters. The van der Waals surface area contributed by atoms with E-state index >= 15 is 0 Å². The van der Waals surface area contributed by atoms with Crippen LogP contribution >= 0.6 is 10.7 Å². The van der Waals surface area contributed by atoms with Gasteiger partial charge in [0, 0.05) is 16.7 Å². The van der Waals surface area contributed by atoms with Gasteiger partial charge in [-0.25, -0.2) is 13.4 Å². The molecule has 0 spiro atoms. The summed E-state index contributed by atoms with van der Waals surface area (Å²) < 4.78 is 33.0. The van der Waals surface area contributed by atoms with Crippen LogP contribution in [0.1, 0.15) is 0 Å². The second kappa shape index (κ2) is 3.86. The molecule has 0 amide bonds. The summed E-state index contributed by atoms with van der Waals surface area (Å²) in [5.41, 5.74) is 0.869. The highest BCUT2D eigenvalue weighted by Crippen LogP contribution is 2.27. The van der Waals surface area contributed by atoms with Crippen LogP contribution in [0.4, 0.5) is 0 Å². The molecule has 7 heteroatoms. The van der Waals surface area contributed by atoms with Gasteiger partial charge in [0.1, 0.15) is 5.52 Å². The lowest BCUT2D eigenvalue weighted by molar-refractivity contribution is 0.534. The average molecular weight is 284 g/mol. The van der Waals surface area contributed by atoms with Gasteiger partial charge in [-0.1, -0.05) is 0 Å². The molecule has 3 rings (SSSR count). The van der Waals surface area contributed by atoms with Crippen LogP contribution in [-0.4, -0.2) is 13.4 Å². The van der Waals surface area contributed by atoms with Crippen LogP contribution in [0.5, 0.6) is 0 Å². The number of halogens is 1. The second-order valence-corrected chi connectivity index (χ2v) is 6.13. The molecule has 0 saturated carbocycles. The number of furan rings is 1. The first kappa shape index (κ1) is 11.3. The van der Waals surface area contributed by atoms with E-state index in [9.17, 15) is 8.42 Å². The minimum Gasteiger partial charge on any atom is -0.459 e. The van der Waals surface area contributed by atoms with Gasteiger partial charge in [0.05, 0.1) is 11.2 Å². The molecule has 18 heavy (non-hydrogen) atoms. The highest BCUT2D eigenvalue weighted by Gasteiger charge is 2.15. The molecule has 2 aromatic heterocycles. The minimum atomic E-state index is -3.78. The molecule has 3 aromatic rings. The maximum absolute atomic E-state index is 11.2. The Balaban J connectivity index is 2.19. The number of hydrogen-bond acceptors (Lipinski definition) is 5. The molecule has 0 bridgehead atoms. The summed E-state index contributed by atoms with van der Waals surface area (Å²) in [5.74, 6) is 0.764. The third kappa shape index (κ3) is 1.89. The number of nitrogens with zero attached hydrogens (tertiary/aromatic N) is 1. The lowest BCUT2D eigenvalue weighted by Crippen LogP contribution is -1.88. The predicted molar refractivity (Wildman–Crippen MR) is 64.7 cm³/mol. The summed E-state index contributed by atoms with van der Waals surface area (Å²) in [6.45, 7) is 0. The predicted octanol–water partition coefficient (Wildman–Crippen LogP) is 3.02. The van der Waals surface area contributed by atoms with Gasteiger partial charge in [-0.15, -0.1) is 0 Å². The molecule has 2 heterocycles. The van der Waals surface area contributed by atoms with Crippen LogP contribution in [0.2, 0.25) is 0 Å². The van der Waals surface area contributed by atoms with Crippen molar-refractivity contribution in [2.75, 3.05) is 0 Å². The highest BCUT2D eigenvalue weighted by molar-refractivity contribution is 8.13. The largest absolute Gasteiger partial charge is 0.459 e. The smallest absolute Gasteiger partial charge is 0.263 e. The lowest BCUT2D eigenvalue weighted by Gasteiger charge is -1.93. The normalized spacial score (nSPS) is 12.1. The fourth-order valence-corrected chi connectivity index (χ4v) is 2.33. The number of aromatic nitrogens is 1. The molecule has 0 aliphatic heterocycles. The van der Waals surface area contributed by atoms with Crippen molar-refractivity contribution in [1.82, 2.24) is 4.98 Å². The number of hydrogen-bond donors (Lipinski definition) is 0. The van der Waals surface area contributed by atoms with Crippen LogP contribution in [0.3, 0.4) is 0 Å². The molecule has 1 aromatic carbocycles. The highest BCUT2D eigenvalue weighted by atomic mass is 35.7. The standard InChI is InChI=1S/C11H6ClNO4S/c12-18(14,15)7-3-4-8-10(6-7)17-11(13-8)9-2-1-5-16-9/h1-6H. The van der Waals surface area contributed by atoms with E-state index in [1.807, 2.05) is 0 Å². The van der Waals surface area contributed by atoms with Crippen LogP contribution in [0.25, 0.3) is 22.8 Å². The summed E-state index contributed by atoms with van der Waals surface area (Å²) in [6.07, 6.45) is 1.50. The molecule has 0 fully saturated rings. The Morgan fingerprint density at radius 1 is 1.22 bits per heavy atom. The Bertz CT molecular complexity index is 805. The molecule has 5 nitrogen and oxygen atoms in total. The first-order chi connectivity index (χ1) is 8.54. The first-order valence-corrected chi connectivity index (χ1v) is 7.24. The summed E-state index contributed by atoms with van der Waals surface area (Å²) in [5, 5.41) is 0. The van der Waals surface area contributed by atoms with Crippen molar-refractivity contribution >= 4 is 30.8 Å². The van der Waals surface area contributed by atoms with E-state index in [0.29, 0.717) is 22.8 Å². The molecular weight excluding hydrogens is 278 g/mol. The zero-order valence-corrected chi connectivity index (χ0v) is 10.4. The third-order valence-electron chi connectivity index (χ3n) is 2.37. The molecule has 0 aliphatic rings. The minimum absolute atomic E-state index is 0.0289. The zero-order chi connectivity index (χ0) is 12.8. The third-order valence-corrected chi connectivity index (χ3v) is 3.72. The summed E-state index contributed by atoms with van der Waals surface area (Å²) in [6, 6.07) is 7.64. The Labute approximate surface area is 106 Å². The molecule has 0 saturated heterocycles. The monoisotopic (exact) mass is 283 g/mol. The topological polar surface area (TPSA) is 73.3 Å². The number of rotatable bonds is 2. The van der Waals surface area contributed by atoms with E-state index in [4.69, 9.17) is 19.5 Å². The molecule has 0 atom stereocenters. The van der Waals surface area contributed by atoms with Gasteiger partial charge < -0.3 is 8.83 Å². The quantitative estimate of drug-likeness (QED) is 0.676. The first-order valence-electron chi connectivity index (χ1n) is 4.93. The number of fused-ring (bicyclic) bond motifs is 1. The van der Waals surface area contributed by atoms with E-state index in [1.165, 1.54) is 24.5 Å². The molecular formula is C11H6ClNO4S. The van der Waals surface area contributed by atoms with Gasteiger partial charge >= 0.3 is 0 Å². The van der Waals surface area contributed by atoms with Crippen LogP contribution in [0, 0.1) is 0 Å². The number of benzene rings is 1. The van der Waals surface area contributed by atoms with Crippen LogP contribution in [-0.2, 0) is 9.05 Å². The van der Waals surface area contributed by atoms with Crippen molar-refractivity contribution < 1.29 is 17.3 Å². The second-order valence-electron chi connectivity index (χ2n) is 3.56. The van der Waals surface area contributed by atoms with Crippen molar-refractivity contribution in [3.8, 4) is 11.7 Å². The Hall–Kier alpha value is -1.79. The maximum atomic E-state index is 11.2. The van der Waals surface area contributed by atoms with E-state index in [2.05, 4.69) is 4.98 Å². The van der Waals surface area contributed by atoms with E-state index in [-0.39, 0.29) is 4.90 Å². The SMILES string of the molecule is O=S(=O)(Cl)c1ccc2nc(-c3ccco3)oc2c1. The molecule has 0 N–H and O–H groups in total. The Kier molecular flexibility index (Phi) is 2.42. The summed E-state index contributed by atoms with van der Waals surface area (Å²) in [7, 11) is 1.48. The van der Waals surface area contributed by atoms with Gasteiger partial charge in [-0.3, -0.25) is 0 Å². The van der Waals surface area contributed by atoms with Crippen molar-refractivity contribution in [3.05, 3.63) is 36.6 Å². The Morgan fingerprint density at radius 3 is 2.72 bits per heavy atom. The Morgan fingerprint density at radius 2 is 2.06 bits per heavy atom. The van der Waals surface area contributed by atoms with Crippen molar-refractivity contribution in [3.63, 3.8) is 0 Å². The molecule has 0 radical (unpaired) electrons. The number of oxazole rings is 1. The fourth-order valence-electron chi connectivity index (χ4n) is 1.56. The summed E-state index contributed by atoms with van der Waals surface area (Å²) in [4.78, 5) is 4.15. The molecule has 0 aliphatic carbocycles. The van der Waals surface area contributed by atoms with Gasteiger partial charge in [-0.05, 0) is 24.3 Å². The van der Waals surface area contributed by atoms with Crippen molar-refractivity contribution in [2.24, 2.45) is 0 Å².